The van der Waals surface area contributed by atoms with Crippen molar-refractivity contribution in [3.05, 3.63) is 24.5 Å². The second-order valence-electron chi connectivity index (χ2n) is 4.37. The molecule has 1 N–H and O–H groups in total. The maximum atomic E-state index is 5.45. The second-order valence-corrected chi connectivity index (χ2v) is 4.37. The predicted molar refractivity (Wildman–Crippen MR) is 67.8 cm³/mol. The highest BCUT2D eigenvalue weighted by Gasteiger charge is 2.27. The number of nitrogens with one attached hydrogen (secondary N) is 1. The Kier molecular flexibility index (Phi) is 2.44. The van der Waals surface area contributed by atoms with Crippen LogP contribution in [0.1, 0.15) is 0 Å². The fourth-order valence-corrected chi connectivity index (χ4v) is 2.27. The maximum absolute atomic E-state index is 5.45. The minimum Gasteiger partial charge on any atom is -0.497 e. The molecule has 0 saturated carbocycles. The number of ether oxygens (including phenoxy) is 1. The first-order valence-corrected chi connectivity index (χ1v) is 5.79. The minimum absolute atomic E-state index is 0.586. The first kappa shape index (κ1) is 10.5. The molecule has 1 fully saturated rings. The van der Waals surface area contributed by atoms with Gasteiger partial charge in [0.05, 0.1) is 19.1 Å². The van der Waals surface area contributed by atoms with Gasteiger partial charge < -0.3 is 19.4 Å². The Morgan fingerprint density at radius 3 is 2.94 bits per heavy atom. The average Bonchev–Trinajstić information content (AvgIpc) is 2.75. The van der Waals surface area contributed by atoms with Crippen LogP contribution in [0.5, 0.6) is 5.75 Å². The number of rotatable bonds is 3. The molecule has 90 valence electrons. The monoisotopic (exact) mass is 232 g/mol. The topological polar surface area (TPSA) is 37.6 Å². The van der Waals surface area contributed by atoms with Crippen molar-refractivity contribution >= 4 is 16.7 Å². The molecule has 2 heterocycles. The quantitative estimate of drug-likeness (QED) is 0.876. The molecule has 4 heteroatoms. The zero-order valence-corrected chi connectivity index (χ0v) is 10.1. The smallest absolute Gasteiger partial charge is 0.139 e. The maximum Gasteiger partial charge on any atom is 0.139 e. The Balaban J connectivity index is 1.99. The second kappa shape index (κ2) is 3.96. The van der Waals surface area contributed by atoms with Gasteiger partial charge in [-0.05, 0) is 13.1 Å². The first-order chi connectivity index (χ1) is 8.31. The summed E-state index contributed by atoms with van der Waals surface area (Å²) in [7, 11) is 3.68. The van der Waals surface area contributed by atoms with E-state index in [-0.39, 0.29) is 0 Å². The van der Waals surface area contributed by atoms with Gasteiger partial charge >= 0.3 is 0 Å². The largest absolute Gasteiger partial charge is 0.497 e. The molecule has 3 rings (SSSR count). The van der Waals surface area contributed by atoms with E-state index in [4.69, 9.17) is 9.15 Å². The van der Waals surface area contributed by atoms with Crippen molar-refractivity contribution in [2.24, 2.45) is 0 Å². The van der Waals surface area contributed by atoms with Crippen molar-refractivity contribution < 1.29 is 9.15 Å². The summed E-state index contributed by atoms with van der Waals surface area (Å²) in [5, 5.41) is 4.43. The lowest BCUT2D eigenvalue weighted by molar-refractivity contribution is 0.413. The summed E-state index contributed by atoms with van der Waals surface area (Å²) in [6.07, 6.45) is 1.73. The Morgan fingerprint density at radius 2 is 2.24 bits per heavy atom. The Labute approximate surface area is 100 Å². The van der Waals surface area contributed by atoms with Crippen molar-refractivity contribution in [2.75, 3.05) is 32.1 Å². The van der Waals surface area contributed by atoms with Gasteiger partial charge in [-0.15, -0.1) is 0 Å². The number of anilines is 1. The molecule has 1 aliphatic rings. The van der Waals surface area contributed by atoms with E-state index < -0.39 is 0 Å². The summed E-state index contributed by atoms with van der Waals surface area (Å²) < 4.78 is 10.8. The van der Waals surface area contributed by atoms with Crippen LogP contribution >= 0.6 is 0 Å². The van der Waals surface area contributed by atoms with Crippen molar-refractivity contribution in [3.63, 3.8) is 0 Å². The van der Waals surface area contributed by atoms with Gasteiger partial charge in [0, 0.05) is 36.7 Å². The number of hydrogen-bond donors (Lipinski definition) is 1. The predicted octanol–water partition coefficient (Wildman–Crippen LogP) is 1.85. The summed E-state index contributed by atoms with van der Waals surface area (Å²) in [5.74, 6) is 0.843. The van der Waals surface area contributed by atoms with Crippen molar-refractivity contribution in [3.8, 4) is 5.75 Å². The van der Waals surface area contributed by atoms with Gasteiger partial charge in [0.25, 0.3) is 0 Å². The molecule has 0 unspecified atom stereocenters. The lowest BCUT2D eigenvalue weighted by Crippen LogP contribution is -2.57. The molecule has 17 heavy (non-hydrogen) atoms. The summed E-state index contributed by atoms with van der Waals surface area (Å²) in [5.41, 5.74) is 2.08. The standard InChI is InChI=1S/C13H16N2O2/c1-14-9-7-15(8-9)12-5-10(16-2)6-13-11(12)3-4-17-13/h3-6,9,14H,7-8H2,1-2H3. The van der Waals surface area contributed by atoms with Gasteiger partial charge in [-0.25, -0.2) is 0 Å². The number of likely N-dealkylation sites (N-methyl/N-ethyl adjacent to an activating group) is 1. The van der Waals surface area contributed by atoms with Gasteiger partial charge in [0.1, 0.15) is 11.3 Å². The Bertz CT molecular complexity index is 529. The molecule has 0 atom stereocenters. The van der Waals surface area contributed by atoms with Crippen molar-refractivity contribution in [2.45, 2.75) is 6.04 Å². The minimum atomic E-state index is 0.586. The first-order valence-electron chi connectivity index (χ1n) is 5.79. The molecule has 0 amide bonds. The third kappa shape index (κ3) is 1.65. The number of methoxy groups -OCH3 is 1. The lowest BCUT2D eigenvalue weighted by atomic mass is 10.1. The molecular weight excluding hydrogens is 216 g/mol. The molecule has 1 aliphatic heterocycles. The van der Waals surface area contributed by atoms with E-state index in [0.29, 0.717) is 6.04 Å². The zero-order chi connectivity index (χ0) is 11.8. The van der Waals surface area contributed by atoms with Gasteiger partial charge in [-0.3, -0.25) is 0 Å². The number of fused-ring (bicyclic) bond motifs is 1. The lowest BCUT2D eigenvalue weighted by Gasteiger charge is -2.41. The van der Waals surface area contributed by atoms with Crippen molar-refractivity contribution in [1.82, 2.24) is 5.32 Å². The van der Waals surface area contributed by atoms with Gasteiger partial charge in [0.15, 0.2) is 0 Å². The van der Waals surface area contributed by atoms with Crippen LogP contribution in [0, 0.1) is 0 Å². The highest BCUT2D eigenvalue weighted by Crippen LogP contribution is 2.34. The molecule has 0 aliphatic carbocycles. The van der Waals surface area contributed by atoms with Gasteiger partial charge in [-0.1, -0.05) is 0 Å². The fraction of sp³-hybridized carbons (Fsp3) is 0.385. The van der Waals surface area contributed by atoms with E-state index in [1.165, 1.54) is 5.69 Å². The molecule has 0 bridgehead atoms. The molecule has 1 saturated heterocycles. The van der Waals surface area contributed by atoms with Crippen LogP contribution in [0.2, 0.25) is 0 Å². The highest BCUT2D eigenvalue weighted by molar-refractivity contribution is 5.93. The van der Waals surface area contributed by atoms with E-state index >= 15 is 0 Å². The van der Waals surface area contributed by atoms with Crippen molar-refractivity contribution in [1.29, 1.82) is 0 Å². The summed E-state index contributed by atoms with van der Waals surface area (Å²) >= 11 is 0. The third-order valence-corrected chi connectivity index (χ3v) is 3.39. The molecule has 2 aromatic rings. The number of hydrogen-bond acceptors (Lipinski definition) is 4. The van der Waals surface area contributed by atoms with Crippen LogP contribution < -0.4 is 15.0 Å². The van der Waals surface area contributed by atoms with E-state index in [9.17, 15) is 0 Å². The summed E-state index contributed by atoms with van der Waals surface area (Å²) in [6, 6.07) is 6.59. The zero-order valence-electron chi connectivity index (χ0n) is 10.1. The van der Waals surface area contributed by atoms with E-state index in [2.05, 4.69) is 16.3 Å². The summed E-state index contributed by atoms with van der Waals surface area (Å²) in [6.45, 7) is 2.06. The van der Waals surface area contributed by atoms with Gasteiger partial charge in [-0.2, -0.15) is 0 Å². The summed E-state index contributed by atoms with van der Waals surface area (Å²) in [4.78, 5) is 2.33. The third-order valence-electron chi connectivity index (χ3n) is 3.39. The molecule has 1 aromatic carbocycles. The van der Waals surface area contributed by atoms with Crippen LogP contribution in [0.25, 0.3) is 11.0 Å². The normalized spacial score (nSPS) is 16.2. The number of furan rings is 1. The van der Waals surface area contributed by atoms with E-state index in [1.807, 2.05) is 19.2 Å². The number of benzene rings is 1. The molecule has 0 radical (unpaired) electrons. The average molecular weight is 232 g/mol. The molecule has 4 nitrogen and oxygen atoms in total. The van der Waals surface area contributed by atoms with Gasteiger partial charge in [0.2, 0.25) is 0 Å². The highest BCUT2D eigenvalue weighted by atomic mass is 16.5. The molecule has 1 aromatic heterocycles. The number of nitrogens with zero attached hydrogens (tertiary/aromatic N) is 1. The van der Waals surface area contributed by atoms with Crippen LogP contribution in [-0.4, -0.2) is 33.3 Å². The van der Waals surface area contributed by atoms with Crippen LogP contribution in [0.15, 0.2) is 28.9 Å². The van der Waals surface area contributed by atoms with Crippen LogP contribution in [0.4, 0.5) is 5.69 Å². The molecular formula is C13H16N2O2. The molecule has 0 spiro atoms. The van der Waals surface area contributed by atoms with E-state index in [0.717, 1.165) is 29.8 Å². The van der Waals surface area contributed by atoms with Crippen LogP contribution in [0.3, 0.4) is 0 Å². The fourth-order valence-electron chi connectivity index (χ4n) is 2.27. The Hall–Kier alpha value is -1.68. The SMILES string of the molecule is CNC1CN(c2cc(OC)cc3occc23)C1. The van der Waals surface area contributed by atoms with E-state index in [1.54, 1.807) is 13.4 Å². The van der Waals surface area contributed by atoms with Crippen LogP contribution in [-0.2, 0) is 0 Å². The Morgan fingerprint density at radius 1 is 1.41 bits per heavy atom.